The van der Waals surface area contributed by atoms with E-state index in [4.69, 9.17) is 21.1 Å². The first-order valence-electron chi connectivity index (χ1n) is 9.90. The maximum absolute atomic E-state index is 13.4. The van der Waals surface area contributed by atoms with Gasteiger partial charge in [0.1, 0.15) is 5.75 Å². The lowest BCUT2D eigenvalue weighted by Crippen LogP contribution is -2.27. The fraction of sp³-hybridized carbons (Fsp3) is 0.304. The number of esters is 1. The summed E-state index contributed by atoms with van der Waals surface area (Å²) in [5, 5.41) is 4.91. The summed E-state index contributed by atoms with van der Waals surface area (Å²) in [6, 6.07) is 13.0. The molecule has 7 nitrogen and oxygen atoms in total. The maximum Gasteiger partial charge on any atom is 0.350 e. The lowest BCUT2D eigenvalue weighted by molar-refractivity contribution is -0.137. The zero-order valence-electron chi connectivity index (χ0n) is 18.5. The van der Waals surface area contributed by atoms with Gasteiger partial charge in [0, 0.05) is 5.02 Å². The zero-order valence-corrected chi connectivity index (χ0v) is 20.1. The fourth-order valence-electron chi connectivity index (χ4n) is 2.99. The first kappa shape index (κ1) is 23.8. The minimum Gasteiger partial charge on any atom is -0.482 e. The third-order valence-electron chi connectivity index (χ3n) is 4.58. The van der Waals surface area contributed by atoms with Crippen molar-refractivity contribution in [3.63, 3.8) is 0 Å². The van der Waals surface area contributed by atoms with E-state index in [2.05, 4.69) is 5.10 Å². The Morgan fingerprint density at radius 1 is 1.03 bits per heavy atom. The van der Waals surface area contributed by atoms with Crippen molar-refractivity contribution in [2.75, 3.05) is 6.61 Å². The largest absolute Gasteiger partial charge is 0.482 e. The monoisotopic (exact) mass is 476 g/mol. The number of ether oxygens (including phenoxy) is 2. The molecule has 1 heterocycles. The van der Waals surface area contributed by atoms with Gasteiger partial charge in [0.25, 0.3) is 0 Å². The van der Waals surface area contributed by atoms with Crippen molar-refractivity contribution in [1.82, 2.24) is 9.78 Å². The highest BCUT2D eigenvalue weighted by molar-refractivity contribution is 7.91. The molecule has 0 saturated heterocycles. The minimum absolute atomic E-state index is 0.0920. The SMILES string of the molecule is Cc1ccc(S(=O)(=O)c2c(C)nn(C(C)(C)C)c2OC(=O)COc2ccc(Cl)cc2)cc1. The Bertz CT molecular complexity index is 1230. The van der Waals surface area contributed by atoms with Crippen LogP contribution in [0.25, 0.3) is 0 Å². The molecule has 0 atom stereocenters. The molecule has 0 radical (unpaired) electrons. The van der Waals surface area contributed by atoms with Crippen molar-refractivity contribution < 1.29 is 22.7 Å². The third-order valence-corrected chi connectivity index (χ3v) is 6.73. The van der Waals surface area contributed by atoms with Crippen LogP contribution in [0.1, 0.15) is 32.0 Å². The molecule has 3 rings (SSSR count). The van der Waals surface area contributed by atoms with E-state index in [1.54, 1.807) is 43.3 Å². The highest BCUT2D eigenvalue weighted by Gasteiger charge is 2.34. The zero-order chi connectivity index (χ0) is 23.7. The van der Waals surface area contributed by atoms with Crippen molar-refractivity contribution in [3.8, 4) is 11.6 Å². The van der Waals surface area contributed by atoms with Gasteiger partial charge in [-0.2, -0.15) is 5.10 Å². The molecule has 0 fully saturated rings. The summed E-state index contributed by atoms with van der Waals surface area (Å²) in [4.78, 5) is 12.5. The van der Waals surface area contributed by atoms with Gasteiger partial charge in [-0.05, 0) is 71.0 Å². The van der Waals surface area contributed by atoms with Crippen LogP contribution in [0.5, 0.6) is 11.6 Å². The van der Waals surface area contributed by atoms with Crippen LogP contribution in [0.3, 0.4) is 0 Å². The second-order valence-corrected chi connectivity index (χ2v) is 10.7. The van der Waals surface area contributed by atoms with Gasteiger partial charge in [0.15, 0.2) is 11.5 Å². The smallest absolute Gasteiger partial charge is 0.350 e. The highest BCUT2D eigenvalue weighted by Crippen LogP contribution is 2.36. The average Bonchev–Trinajstić information content (AvgIpc) is 3.05. The van der Waals surface area contributed by atoms with E-state index in [1.807, 2.05) is 27.7 Å². The predicted molar refractivity (Wildman–Crippen MR) is 121 cm³/mol. The summed E-state index contributed by atoms with van der Waals surface area (Å²) >= 11 is 5.85. The molecular weight excluding hydrogens is 452 g/mol. The van der Waals surface area contributed by atoms with Gasteiger partial charge in [-0.15, -0.1) is 0 Å². The maximum atomic E-state index is 13.4. The molecule has 3 aromatic rings. The van der Waals surface area contributed by atoms with E-state index in [9.17, 15) is 13.2 Å². The summed E-state index contributed by atoms with van der Waals surface area (Å²) in [5.41, 5.74) is 0.525. The number of carbonyl (C=O) groups excluding carboxylic acids is 1. The second-order valence-electron chi connectivity index (χ2n) is 8.34. The Morgan fingerprint density at radius 2 is 1.62 bits per heavy atom. The first-order chi connectivity index (χ1) is 14.9. The third kappa shape index (κ3) is 5.14. The number of nitrogens with zero attached hydrogens (tertiary/aromatic N) is 2. The molecule has 0 N–H and O–H groups in total. The van der Waals surface area contributed by atoms with Crippen LogP contribution in [0.15, 0.2) is 58.3 Å². The van der Waals surface area contributed by atoms with Gasteiger partial charge in [0.2, 0.25) is 15.7 Å². The number of carbonyl (C=O) groups is 1. The Hall–Kier alpha value is -2.84. The lowest BCUT2D eigenvalue weighted by atomic mass is 10.1. The van der Waals surface area contributed by atoms with E-state index >= 15 is 0 Å². The first-order valence-corrected chi connectivity index (χ1v) is 11.8. The molecule has 170 valence electrons. The molecule has 32 heavy (non-hydrogen) atoms. The number of benzene rings is 2. The van der Waals surface area contributed by atoms with Gasteiger partial charge < -0.3 is 9.47 Å². The number of halogens is 1. The van der Waals surface area contributed by atoms with Crippen molar-refractivity contribution in [2.24, 2.45) is 0 Å². The van der Waals surface area contributed by atoms with Gasteiger partial charge >= 0.3 is 5.97 Å². The van der Waals surface area contributed by atoms with Crippen molar-refractivity contribution in [1.29, 1.82) is 0 Å². The van der Waals surface area contributed by atoms with E-state index < -0.39 is 28.0 Å². The van der Waals surface area contributed by atoms with E-state index in [-0.39, 0.29) is 21.4 Å². The van der Waals surface area contributed by atoms with Crippen LogP contribution in [0.2, 0.25) is 5.02 Å². The summed E-state index contributed by atoms with van der Waals surface area (Å²) in [5.74, 6) is -0.467. The Kier molecular flexibility index (Phi) is 6.67. The summed E-state index contributed by atoms with van der Waals surface area (Å²) in [6.45, 7) is 8.54. The van der Waals surface area contributed by atoms with E-state index in [0.29, 0.717) is 10.8 Å². The van der Waals surface area contributed by atoms with Gasteiger partial charge in [-0.3, -0.25) is 0 Å². The molecular formula is C23H25ClN2O5S. The number of aromatic nitrogens is 2. The molecule has 0 amide bonds. The molecule has 0 unspecified atom stereocenters. The van der Waals surface area contributed by atoms with Crippen LogP contribution < -0.4 is 9.47 Å². The fourth-order valence-corrected chi connectivity index (χ4v) is 4.63. The minimum atomic E-state index is -3.99. The predicted octanol–water partition coefficient (Wildman–Crippen LogP) is 4.73. The molecule has 0 aliphatic carbocycles. The van der Waals surface area contributed by atoms with E-state index in [0.717, 1.165) is 5.56 Å². The normalized spacial score (nSPS) is 11.9. The second kappa shape index (κ2) is 8.96. The highest BCUT2D eigenvalue weighted by atomic mass is 35.5. The molecule has 1 aromatic heterocycles. The number of aryl methyl sites for hydroxylation is 2. The van der Waals surface area contributed by atoms with Crippen molar-refractivity contribution >= 4 is 27.4 Å². The van der Waals surface area contributed by atoms with Gasteiger partial charge in [-0.1, -0.05) is 29.3 Å². The molecule has 0 bridgehead atoms. The number of hydrogen-bond acceptors (Lipinski definition) is 6. The van der Waals surface area contributed by atoms with Crippen LogP contribution in [0, 0.1) is 13.8 Å². The molecule has 0 aliphatic heterocycles. The van der Waals surface area contributed by atoms with Crippen LogP contribution in [0.4, 0.5) is 0 Å². The van der Waals surface area contributed by atoms with Crippen molar-refractivity contribution in [2.45, 2.75) is 49.9 Å². The topological polar surface area (TPSA) is 87.5 Å². The Balaban J connectivity index is 1.97. The molecule has 0 aliphatic rings. The van der Waals surface area contributed by atoms with Crippen LogP contribution >= 0.6 is 11.6 Å². The Morgan fingerprint density at radius 3 is 2.19 bits per heavy atom. The lowest BCUT2D eigenvalue weighted by Gasteiger charge is -2.22. The molecule has 9 heteroatoms. The van der Waals surface area contributed by atoms with Gasteiger partial charge in [0.05, 0.1) is 16.1 Å². The summed E-state index contributed by atoms with van der Waals surface area (Å²) in [6.07, 6.45) is 0. The molecule has 0 spiro atoms. The Labute approximate surface area is 192 Å². The van der Waals surface area contributed by atoms with Gasteiger partial charge in [-0.25, -0.2) is 17.9 Å². The van der Waals surface area contributed by atoms with Crippen LogP contribution in [-0.2, 0) is 20.2 Å². The average molecular weight is 477 g/mol. The summed E-state index contributed by atoms with van der Waals surface area (Å²) < 4.78 is 39.2. The number of sulfone groups is 1. The molecule has 0 saturated carbocycles. The van der Waals surface area contributed by atoms with E-state index in [1.165, 1.54) is 16.8 Å². The number of hydrogen-bond donors (Lipinski definition) is 0. The van der Waals surface area contributed by atoms with Crippen LogP contribution in [-0.4, -0.2) is 30.8 Å². The quantitative estimate of drug-likeness (QED) is 0.478. The number of rotatable bonds is 6. The molecule has 2 aromatic carbocycles. The summed E-state index contributed by atoms with van der Waals surface area (Å²) in [7, 11) is -3.99. The van der Waals surface area contributed by atoms with Crippen molar-refractivity contribution in [3.05, 3.63) is 64.8 Å². The standard InChI is InChI=1S/C23H25ClN2O5S/c1-15-6-12-19(13-7-15)32(28,29)21-16(2)25-26(23(3,4)5)22(21)31-20(27)14-30-18-10-8-17(24)9-11-18/h6-13H,14H2,1-5H3.